The average Bonchev–Trinajstić information content (AvgIpc) is 2.41. The van der Waals surface area contributed by atoms with E-state index in [0.717, 1.165) is 11.1 Å². The molecule has 1 heterocycles. The van der Waals surface area contributed by atoms with E-state index in [0.29, 0.717) is 11.3 Å². The molecule has 0 aliphatic rings. The lowest BCUT2D eigenvalue weighted by molar-refractivity contribution is 0.358. The standard InChI is InChI=1S/C13H11ClN4O2/c1-7-4-9(6-15)5-8(2)10(7)20-13-17-11(14)16-12(18-13)19-3/h4-5H,1-3H3. The number of aryl methyl sites for hydroxylation is 2. The summed E-state index contributed by atoms with van der Waals surface area (Å²) in [6, 6.07) is 5.65. The summed E-state index contributed by atoms with van der Waals surface area (Å²) in [7, 11) is 1.42. The van der Waals surface area contributed by atoms with Crippen LogP contribution in [-0.2, 0) is 0 Å². The lowest BCUT2D eigenvalue weighted by Crippen LogP contribution is -2.00. The highest BCUT2D eigenvalue weighted by atomic mass is 35.5. The van der Waals surface area contributed by atoms with Crippen LogP contribution >= 0.6 is 11.6 Å². The molecule has 1 aromatic carbocycles. The third kappa shape index (κ3) is 2.95. The van der Waals surface area contributed by atoms with Crippen molar-refractivity contribution in [1.82, 2.24) is 15.0 Å². The number of hydrogen-bond donors (Lipinski definition) is 0. The number of rotatable bonds is 3. The number of methoxy groups -OCH3 is 1. The molecule has 7 heteroatoms. The van der Waals surface area contributed by atoms with Gasteiger partial charge in [-0.25, -0.2) is 0 Å². The van der Waals surface area contributed by atoms with Crippen molar-refractivity contribution >= 4 is 11.6 Å². The summed E-state index contributed by atoms with van der Waals surface area (Å²) in [6.45, 7) is 3.67. The molecule has 20 heavy (non-hydrogen) atoms. The predicted molar refractivity (Wildman–Crippen MR) is 72.1 cm³/mol. The number of ether oxygens (including phenoxy) is 2. The molecule has 0 unspecified atom stereocenters. The quantitative estimate of drug-likeness (QED) is 0.864. The van der Waals surface area contributed by atoms with Gasteiger partial charge in [0, 0.05) is 0 Å². The largest absolute Gasteiger partial charge is 0.467 e. The molecule has 0 aliphatic heterocycles. The molecule has 0 atom stereocenters. The van der Waals surface area contributed by atoms with E-state index in [4.69, 9.17) is 26.3 Å². The smallest absolute Gasteiger partial charge is 0.329 e. The number of aromatic nitrogens is 3. The van der Waals surface area contributed by atoms with Crippen molar-refractivity contribution in [3.05, 3.63) is 34.1 Å². The number of nitriles is 1. The molecule has 0 amide bonds. The summed E-state index contributed by atoms with van der Waals surface area (Å²) < 4.78 is 10.5. The molecule has 1 aromatic heterocycles. The number of nitrogens with zero attached hydrogens (tertiary/aromatic N) is 4. The van der Waals surface area contributed by atoms with Gasteiger partial charge in [-0.1, -0.05) is 0 Å². The average molecular weight is 291 g/mol. The van der Waals surface area contributed by atoms with Gasteiger partial charge in [0.05, 0.1) is 18.7 Å². The van der Waals surface area contributed by atoms with E-state index in [2.05, 4.69) is 21.0 Å². The summed E-state index contributed by atoms with van der Waals surface area (Å²) in [6.07, 6.45) is 0. The van der Waals surface area contributed by atoms with Crippen molar-refractivity contribution in [3.63, 3.8) is 0 Å². The summed E-state index contributed by atoms with van der Waals surface area (Å²) >= 11 is 5.76. The molecule has 102 valence electrons. The second kappa shape index (κ2) is 5.72. The maximum atomic E-state index is 8.91. The fraction of sp³-hybridized carbons (Fsp3) is 0.231. The molecule has 0 radical (unpaired) electrons. The van der Waals surface area contributed by atoms with Crippen LogP contribution in [0.25, 0.3) is 0 Å². The molecule has 6 nitrogen and oxygen atoms in total. The van der Waals surface area contributed by atoms with E-state index in [1.165, 1.54) is 7.11 Å². The molecule has 2 rings (SSSR count). The molecular formula is C13H11ClN4O2. The maximum absolute atomic E-state index is 8.91. The Morgan fingerprint density at radius 3 is 2.25 bits per heavy atom. The third-order valence-corrected chi connectivity index (χ3v) is 2.70. The van der Waals surface area contributed by atoms with Gasteiger partial charge in [0.15, 0.2) is 0 Å². The summed E-state index contributed by atoms with van der Waals surface area (Å²) in [5, 5.41) is 8.90. The number of benzene rings is 1. The third-order valence-electron chi connectivity index (χ3n) is 2.53. The molecule has 0 fully saturated rings. The van der Waals surface area contributed by atoms with Gasteiger partial charge in [0.25, 0.3) is 0 Å². The highest BCUT2D eigenvalue weighted by Gasteiger charge is 2.12. The Hall–Kier alpha value is -2.39. The highest BCUT2D eigenvalue weighted by Crippen LogP contribution is 2.28. The first-order chi connectivity index (χ1) is 9.53. The van der Waals surface area contributed by atoms with E-state index < -0.39 is 0 Å². The van der Waals surface area contributed by atoms with Gasteiger partial charge in [-0.15, -0.1) is 4.98 Å². The Bertz CT molecular complexity index is 674. The van der Waals surface area contributed by atoms with Crippen LogP contribution in [0.4, 0.5) is 0 Å². The fourth-order valence-corrected chi connectivity index (χ4v) is 1.86. The van der Waals surface area contributed by atoms with Crippen molar-refractivity contribution in [3.8, 4) is 23.8 Å². The first-order valence-corrected chi connectivity index (χ1v) is 6.06. The van der Waals surface area contributed by atoms with E-state index in [1.54, 1.807) is 12.1 Å². The zero-order chi connectivity index (χ0) is 14.7. The summed E-state index contributed by atoms with van der Waals surface area (Å²) in [4.78, 5) is 11.6. The Morgan fingerprint density at radius 2 is 1.70 bits per heavy atom. The van der Waals surface area contributed by atoms with E-state index >= 15 is 0 Å². The van der Waals surface area contributed by atoms with Gasteiger partial charge in [-0.3, -0.25) is 0 Å². The van der Waals surface area contributed by atoms with Crippen molar-refractivity contribution in [2.45, 2.75) is 13.8 Å². The zero-order valence-electron chi connectivity index (χ0n) is 11.1. The SMILES string of the molecule is COc1nc(Cl)nc(Oc2c(C)cc(C#N)cc2C)n1. The van der Waals surface area contributed by atoms with Crippen LogP contribution in [0.2, 0.25) is 5.28 Å². The van der Waals surface area contributed by atoms with Gasteiger partial charge < -0.3 is 9.47 Å². The molecule has 0 N–H and O–H groups in total. The van der Waals surface area contributed by atoms with Crippen LogP contribution in [-0.4, -0.2) is 22.1 Å². The second-order valence-electron chi connectivity index (χ2n) is 4.03. The Kier molecular flexibility index (Phi) is 4.01. The Labute approximate surface area is 121 Å². The van der Waals surface area contributed by atoms with E-state index in [9.17, 15) is 0 Å². The van der Waals surface area contributed by atoms with Crippen LogP contribution in [0.5, 0.6) is 17.8 Å². The normalized spacial score (nSPS) is 9.95. The fourth-order valence-electron chi connectivity index (χ4n) is 1.72. The minimum atomic E-state index is -0.0178. The van der Waals surface area contributed by atoms with Gasteiger partial charge >= 0.3 is 12.0 Å². The zero-order valence-corrected chi connectivity index (χ0v) is 11.9. The Balaban J connectivity index is 2.40. The lowest BCUT2D eigenvalue weighted by Gasteiger charge is -2.11. The highest BCUT2D eigenvalue weighted by molar-refractivity contribution is 6.28. The summed E-state index contributed by atoms with van der Waals surface area (Å²) in [5.74, 6) is 0.577. The number of hydrogen-bond acceptors (Lipinski definition) is 6. The molecule has 0 bridgehead atoms. The predicted octanol–water partition coefficient (Wildman–Crippen LogP) is 2.81. The van der Waals surface area contributed by atoms with Crippen LogP contribution in [0.3, 0.4) is 0 Å². The lowest BCUT2D eigenvalue weighted by atomic mass is 10.1. The van der Waals surface area contributed by atoms with E-state index in [1.807, 2.05) is 13.8 Å². The molecular weight excluding hydrogens is 280 g/mol. The van der Waals surface area contributed by atoms with Crippen molar-refractivity contribution in [2.24, 2.45) is 0 Å². The molecule has 0 spiro atoms. The first-order valence-electron chi connectivity index (χ1n) is 5.68. The summed E-state index contributed by atoms with van der Waals surface area (Å²) in [5.41, 5.74) is 2.17. The first kappa shape index (κ1) is 14.0. The monoisotopic (exact) mass is 290 g/mol. The molecule has 0 aliphatic carbocycles. The van der Waals surface area contributed by atoms with Crippen molar-refractivity contribution < 1.29 is 9.47 Å². The minimum Gasteiger partial charge on any atom is -0.467 e. The van der Waals surface area contributed by atoms with E-state index in [-0.39, 0.29) is 17.3 Å². The van der Waals surface area contributed by atoms with Gasteiger partial charge in [0.1, 0.15) is 5.75 Å². The topological polar surface area (TPSA) is 80.9 Å². The molecule has 0 saturated carbocycles. The van der Waals surface area contributed by atoms with Crippen LogP contribution < -0.4 is 9.47 Å². The molecule has 0 saturated heterocycles. The van der Waals surface area contributed by atoms with Crippen molar-refractivity contribution in [1.29, 1.82) is 5.26 Å². The van der Waals surface area contributed by atoms with Gasteiger partial charge in [-0.05, 0) is 48.7 Å². The second-order valence-corrected chi connectivity index (χ2v) is 4.36. The van der Waals surface area contributed by atoms with Crippen LogP contribution in [0, 0.1) is 25.2 Å². The van der Waals surface area contributed by atoms with Crippen LogP contribution in [0.15, 0.2) is 12.1 Å². The maximum Gasteiger partial charge on any atom is 0.329 e. The minimum absolute atomic E-state index is 0.0178. The number of halogens is 1. The van der Waals surface area contributed by atoms with Crippen LogP contribution in [0.1, 0.15) is 16.7 Å². The van der Waals surface area contributed by atoms with Gasteiger partial charge in [-0.2, -0.15) is 15.2 Å². The van der Waals surface area contributed by atoms with Gasteiger partial charge in [0.2, 0.25) is 5.28 Å². The van der Waals surface area contributed by atoms with Crippen molar-refractivity contribution in [2.75, 3.05) is 7.11 Å². The Morgan fingerprint density at radius 1 is 1.10 bits per heavy atom. The molecule has 2 aromatic rings.